The van der Waals surface area contributed by atoms with E-state index in [9.17, 15) is 0 Å². The zero-order valence-corrected chi connectivity index (χ0v) is 7.70. The molecule has 2 nitrogen and oxygen atoms in total. The summed E-state index contributed by atoms with van der Waals surface area (Å²) in [5.41, 5.74) is -0.0783. The molecule has 1 unspecified atom stereocenters. The maximum atomic E-state index is 5.85. The van der Waals surface area contributed by atoms with Crippen molar-refractivity contribution in [3.8, 4) is 0 Å². The van der Waals surface area contributed by atoms with Crippen molar-refractivity contribution in [1.82, 2.24) is 9.32 Å². The fourth-order valence-corrected chi connectivity index (χ4v) is 1.47. The van der Waals surface area contributed by atoms with Crippen LogP contribution in [0.15, 0.2) is 0 Å². The van der Waals surface area contributed by atoms with Crippen LogP contribution in [0.4, 0.5) is 0 Å². The quantitative estimate of drug-likeness (QED) is 0.381. The molecule has 0 bridgehead atoms. The van der Waals surface area contributed by atoms with Crippen molar-refractivity contribution >= 4 is 35.0 Å². The average molecular weight is 204 g/mol. The Kier molecular flexibility index (Phi) is 3.53. The molecule has 1 saturated heterocycles. The van der Waals surface area contributed by atoms with Crippen molar-refractivity contribution < 1.29 is 0 Å². The summed E-state index contributed by atoms with van der Waals surface area (Å²) >= 11 is 17.1. The molecule has 10 heavy (non-hydrogen) atoms. The molecule has 1 aliphatic heterocycles. The lowest BCUT2D eigenvalue weighted by atomic mass is 10.6. The van der Waals surface area contributed by atoms with Crippen LogP contribution >= 0.6 is 35.0 Å². The van der Waals surface area contributed by atoms with E-state index in [1.807, 2.05) is 4.90 Å². The summed E-state index contributed by atoms with van der Waals surface area (Å²) in [7, 11) is 0. The maximum Gasteiger partial charge on any atom is 0.0998 e. The summed E-state index contributed by atoms with van der Waals surface area (Å²) in [6, 6.07) is 0. The predicted molar refractivity (Wildman–Crippen MR) is 44.5 cm³/mol. The van der Waals surface area contributed by atoms with E-state index in [0.717, 1.165) is 13.1 Å². The van der Waals surface area contributed by atoms with Crippen LogP contribution in [0.25, 0.3) is 0 Å². The first-order chi connectivity index (χ1) is 4.74. The standard InChI is InChI=1S/C5H9Cl3N2/c6-3-5(7)9-1-2-10(8)4-9/h5H,1-4H2. The van der Waals surface area contributed by atoms with Gasteiger partial charge in [-0.15, -0.1) is 23.2 Å². The molecule has 1 atom stereocenters. The summed E-state index contributed by atoms with van der Waals surface area (Å²) < 4.78 is 1.70. The molecule has 0 aromatic carbocycles. The van der Waals surface area contributed by atoms with Crippen LogP contribution in [0.5, 0.6) is 0 Å². The van der Waals surface area contributed by atoms with Crippen molar-refractivity contribution in [2.45, 2.75) is 5.50 Å². The zero-order valence-electron chi connectivity index (χ0n) is 5.43. The fourth-order valence-electron chi connectivity index (χ4n) is 0.902. The second kappa shape index (κ2) is 3.98. The van der Waals surface area contributed by atoms with Crippen LogP contribution in [0.2, 0.25) is 0 Å². The molecule has 5 heteroatoms. The van der Waals surface area contributed by atoms with Crippen LogP contribution < -0.4 is 0 Å². The molecule has 0 aromatic heterocycles. The third-order valence-electron chi connectivity index (χ3n) is 1.49. The van der Waals surface area contributed by atoms with E-state index in [-0.39, 0.29) is 5.50 Å². The molecule has 0 saturated carbocycles. The largest absolute Gasteiger partial charge is 0.271 e. The van der Waals surface area contributed by atoms with Gasteiger partial charge in [0, 0.05) is 13.1 Å². The number of nitrogens with zero attached hydrogens (tertiary/aromatic N) is 2. The van der Waals surface area contributed by atoms with E-state index in [1.54, 1.807) is 4.42 Å². The van der Waals surface area contributed by atoms with Gasteiger partial charge in [0.2, 0.25) is 0 Å². The Morgan fingerprint density at radius 3 is 2.50 bits per heavy atom. The van der Waals surface area contributed by atoms with E-state index in [1.165, 1.54) is 0 Å². The molecule has 1 aliphatic rings. The van der Waals surface area contributed by atoms with Crippen molar-refractivity contribution in [2.75, 3.05) is 25.6 Å². The smallest absolute Gasteiger partial charge is 0.0998 e. The Morgan fingerprint density at radius 1 is 1.40 bits per heavy atom. The maximum absolute atomic E-state index is 5.85. The van der Waals surface area contributed by atoms with E-state index >= 15 is 0 Å². The fraction of sp³-hybridized carbons (Fsp3) is 1.00. The Balaban J connectivity index is 2.29. The summed E-state index contributed by atoms with van der Waals surface area (Å²) in [5.74, 6) is 0.451. The topological polar surface area (TPSA) is 6.48 Å². The highest BCUT2D eigenvalue weighted by atomic mass is 35.5. The normalized spacial score (nSPS) is 25.5. The van der Waals surface area contributed by atoms with Crippen molar-refractivity contribution in [2.24, 2.45) is 0 Å². The van der Waals surface area contributed by atoms with Gasteiger partial charge in [0.1, 0.15) is 0 Å². The highest BCUT2D eigenvalue weighted by Crippen LogP contribution is 2.14. The number of hydrogen-bond donors (Lipinski definition) is 0. The number of halogens is 3. The predicted octanol–water partition coefficient (Wildman–Crippen LogP) is 1.52. The average Bonchev–Trinajstić information content (AvgIpc) is 2.34. The van der Waals surface area contributed by atoms with Gasteiger partial charge in [-0.3, -0.25) is 4.90 Å². The molecule has 0 amide bonds. The summed E-state index contributed by atoms with van der Waals surface area (Å²) in [5, 5.41) is 0. The lowest BCUT2D eigenvalue weighted by Crippen LogP contribution is -2.30. The summed E-state index contributed by atoms with van der Waals surface area (Å²) in [6.45, 7) is 2.48. The highest BCUT2D eigenvalue weighted by Gasteiger charge is 2.23. The third-order valence-corrected chi connectivity index (χ3v) is 2.65. The first-order valence-corrected chi connectivity index (χ1v) is 4.39. The minimum atomic E-state index is -0.0783. The number of alkyl halides is 2. The molecule has 0 spiro atoms. The molecule has 0 N–H and O–H groups in total. The third kappa shape index (κ3) is 2.14. The first kappa shape index (κ1) is 8.88. The highest BCUT2D eigenvalue weighted by molar-refractivity contribution is 6.27. The lowest BCUT2D eigenvalue weighted by Gasteiger charge is -2.18. The monoisotopic (exact) mass is 202 g/mol. The SMILES string of the molecule is ClCC(Cl)N1CCN(Cl)C1. The van der Waals surface area contributed by atoms with Gasteiger partial charge in [0.25, 0.3) is 0 Å². The molecular weight excluding hydrogens is 194 g/mol. The Bertz CT molecular complexity index is 111. The van der Waals surface area contributed by atoms with Crippen LogP contribution in [0, 0.1) is 0 Å². The van der Waals surface area contributed by atoms with E-state index in [4.69, 9.17) is 35.0 Å². The van der Waals surface area contributed by atoms with Crippen LogP contribution in [0.3, 0.4) is 0 Å². The molecule has 0 radical (unpaired) electrons. The van der Waals surface area contributed by atoms with Crippen molar-refractivity contribution in [3.05, 3.63) is 0 Å². The molecule has 60 valence electrons. The van der Waals surface area contributed by atoms with Gasteiger partial charge < -0.3 is 0 Å². The molecule has 1 rings (SSSR count). The van der Waals surface area contributed by atoms with E-state index < -0.39 is 0 Å². The minimum absolute atomic E-state index is 0.0783. The van der Waals surface area contributed by atoms with Crippen LogP contribution in [-0.4, -0.2) is 40.5 Å². The van der Waals surface area contributed by atoms with Gasteiger partial charge >= 0.3 is 0 Å². The lowest BCUT2D eigenvalue weighted by molar-refractivity contribution is 0.299. The summed E-state index contributed by atoms with van der Waals surface area (Å²) in [6.07, 6.45) is 0. The van der Waals surface area contributed by atoms with Gasteiger partial charge in [-0.1, -0.05) is 0 Å². The van der Waals surface area contributed by atoms with Gasteiger partial charge in [0.05, 0.1) is 18.0 Å². The minimum Gasteiger partial charge on any atom is -0.271 e. The molecule has 0 aliphatic carbocycles. The van der Waals surface area contributed by atoms with Crippen molar-refractivity contribution in [3.63, 3.8) is 0 Å². The van der Waals surface area contributed by atoms with Gasteiger partial charge in [-0.25, -0.2) is 4.42 Å². The second-order valence-electron chi connectivity index (χ2n) is 2.23. The van der Waals surface area contributed by atoms with Gasteiger partial charge in [-0.05, 0) is 11.8 Å². The zero-order chi connectivity index (χ0) is 7.56. The second-order valence-corrected chi connectivity index (χ2v) is 3.52. The first-order valence-electron chi connectivity index (χ1n) is 3.09. The Hall–Kier alpha value is 0.790. The van der Waals surface area contributed by atoms with Crippen LogP contribution in [-0.2, 0) is 0 Å². The Labute approximate surface area is 75.7 Å². The number of hydrogen-bond acceptors (Lipinski definition) is 2. The van der Waals surface area contributed by atoms with E-state index in [2.05, 4.69) is 0 Å². The number of rotatable bonds is 2. The molecule has 1 heterocycles. The molecular formula is C5H9Cl3N2. The summed E-state index contributed by atoms with van der Waals surface area (Å²) in [4.78, 5) is 2.03. The Morgan fingerprint density at radius 2 is 2.10 bits per heavy atom. The van der Waals surface area contributed by atoms with Crippen molar-refractivity contribution in [1.29, 1.82) is 0 Å². The molecule has 0 aromatic rings. The molecule has 1 fully saturated rings. The van der Waals surface area contributed by atoms with E-state index in [0.29, 0.717) is 12.5 Å². The van der Waals surface area contributed by atoms with Gasteiger partial charge in [-0.2, -0.15) is 0 Å². The van der Waals surface area contributed by atoms with Crippen LogP contribution in [0.1, 0.15) is 0 Å². The van der Waals surface area contributed by atoms with Gasteiger partial charge in [0.15, 0.2) is 0 Å².